The Hall–Kier alpha value is -2.56. The Kier molecular flexibility index (Phi) is 11.2. The first-order valence-corrected chi connectivity index (χ1v) is 14.4. The highest BCUT2D eigenvalue weighted by atomic mass is 31.3. The van der Waals surface area contributed by atoms with Crippen molar-refractivity contribution in [2.45, 2.75) is 55.2 Å². The quantitative estimate of drug-likeness (QED) is 0.0481. The van der Waals surface area contributed by atoms with Gasteiger partial charge in [0.05, 0.1) is 13.2 Å². The van der Waals surface area contributed by atoms with Crippen molar-refractivity contribution in [3.05, 3.63) is 43.5 Å². The van der Waals surface area contributed by atoms with Gasteiger partial charge in [-0.15, -0.1) is 0 Å². The Morgan fingerprint density at radius 3 is 2.40 bits per heavy atom. The Bertz CT molecular complexity index is 1380. The lowest BCUT2D eigenvalue weighted by molar-refractivity contribution is -0.285. The minimum atomic E-state index is -6.04. The summed E-state index contributed by atoms with van der Waals surface area (Å²) in [5.74, 6) is -1.11. The molecule has 236 valence electrons. The first-order valence-electron chi connectivity index (χ1n) is 11.5. The van der Waals surface area contributed by atoms with Crippen molar-refractivity contribution in [3.8, 4) is 0 Å². The van der Waals surface area contributed by atoms with Gasteiger partial charge >= 0.3 is 5.69 Å². The van der Waals surface area contributed by atoms with E-state index in [1.807, 2.05) is 10.3 Å². The number of ether oxygens (including phenoxy) is 2. The standard InChI is InChI=1S/C17H26N6O17P2/c18-22-19-3-9(26)20-10-13(29)11(27)6(4-24)38-16(10)39-42(34,35)40-41(32,33)36-5-7-12(28)14(30)15(37-7)23-2-1-8(25)21-17(23)31/h1-2,6-7,10-16,24,27-30H,3-5H2,(H,20,26)(H,32,33)(H,34,35)(H,21,25,31)/p-2/t6?,7-,10?,11+,12?,13-,14+,15-,16-/m1/s1. The first-order chi connectivity index (χ1) is 19.6. The van der Waals surface area contributed by atoms with Gasteiger partial charge in [-0.25, -0.2) is 9.11 Å². The maximum absolute atomic E-state index is 12.4. The molecule has 0 aromatic carbocycles. The predicted octanol–water partition coefficient (Wildman–Crippen LogP) is -5.62. The highest BCUT2D eigenvalue weighted by Crippen LogP contribution is 2.57. The second-order valence-corrected chi connectivity index (χ2v) is 11.5. The molecule has 0 bridgehead atoms. The number of carbonyl (C=O) groups is 1. The topological polar surface area (TPSA) is 360 Å². The number of aromatic nitrogens is 2. The molecule has 2 fully saturated rings. The molecule has 2 aliphatic rings. The van der Waals surface area contributed by atoms with E-state index in [1.165, 1.54) is 0 Å². The Balaban J connectivity index is 1.67. The monoisotopic (exact) mass is 646 g/mol. The van der Waals surface area contributed by atoms with E-state index >= 15 is 0 Å². The zero-order chi connectivity index (χ0) is 31.4. The maximum atomic E-state index is 12.4. The summed E-state index contributed by atoms with van der Waals surface area (Å²) in [6, 6.07) is -1.03. The number of hydrogen-bond donors (Lipinski definition) is 7. The average molecular weight is 646 g/mol. The summed E-state index contributed by atoms with van der Waals surface area (Å²) in [4.78, 5) is 63.9. The van der Waals surface area contributed by atoms with Crippen molar-refractivity contribution in [2.24, 2.45) is 5.11 Å². The van der Waals surface area contributed by atoms with Crippen molar-refractivity contribution in [1.82, 2.24) is 14.9 Å². The fraction of sp³-hybridized carbons (Fsp3) is 0.706. The van der Waals surface area contributed by atoms with Gasteiger partial charge in [0, 0.05) is 17.2 Å². The summed E-state index contributed by atoms with van der Waals surface area (Å²) in [7, 11) is -11.9. The molecule has 2 aliphatic heterocycles. The third kappa shape index (κ3) is 8.29. The number of hydrogen-bond acceptors (Lipinski definition) is 18. The van der Waals surface area contributed by atoms with Crippen molar-refractivity contribution < 1.29 is 72.1 Å². The predicted molar refractivity (Wildman–Crippen MR) is 124 cm³/mol. The zero-order valence-electron chi connectivity index (χ0n) is 20.8. The second kappa shape index (κ2) is 13.8. The van der Waals surface area contributed by atoms with E-state index in [2.05, 4.69) is 23.4 Å². The molecule has 23 nitrogen and oxygen atoms in total. The van der Waals surface area contributed by atoms with Crippen LogP contribution in [0.1, 0.15) is 6.23 Å². The molecule has 42 heavy (non-hydrogen) atoms. The lowest BCUT2D eigenvalue weighted by Crippen LogP contribution is -2.64. The molecule has 3 rings (SSSR count). The summed E-state index contributed by atoms with van der Waals surface area (Å²) in [5, 5.41) is 54.9. The molecule has 2 saturated heterocycles. The van der Waals surface area contributed by atoms with Gasteiger partial charge in [0.2, 0.25) is 5.91 Å². The Labute approximate surface area is 232 Å². The Morgan fingerprint density at radius 2 is 1.79 bits per heavy atom. The molecule has 5 unspecified atom stereocenters. The van der Waals surface area contributed by atoms with E-state index in [4.69, 9.17) is 15.0 Å². The van der Waals surface area contributed by atoms with Crippen LogP contribution in [0.15, 0.2) is 27.0 Å². The number of nitrogens with zero attached hydrogens (tertiary/aromatic N) is 4. The van der Waals surface area contributed by atoms with Gasteiger partial charge in [-0.2, -0.15) is 0 Å². The van der Waals surface area contributed by atoms with Crippen LogP contribution in [0.3, 0.4) is 0 Å². The van der Waals surface area contributed by atoms with E-state index in [0.29, 0.717) is 4.57 Å². The molecule has 25 heteroatoms. The largest absolute Gasteiger partial charge is 0.756 e. The van der Waals surface area contributed by atoms with E-state index in [-0.39, 0.29) is 0 Å². The van der Waals surface area contributed by atoms with Gasteiger partial charge < -0.3 is 54.6 Å². The SMILES string of the molecule is [N-]=[N+]=NCC(=O)NC1[C@@H](OP(=O)([O-])OP(=O)([O-])OC[C@H]2O[C@@H](n3ccc(=O)[nH]c3=O)[C@@H](O)C2O)OC(CO)[C@H](O)[C@@H]1O. The molecule has 0 radical (unpaired) electrons. The van der Waals surface area contributed by atoms with E-state index in [9.17, 15) is 58.8 Å². The van der Waals surface area contributed by atoms with Gasteiger partial charge in [0.15, 0.2) is 12.5 Å². The number of H-pyrrole nitrogens is 1. The van der Waals surface area contributed by atoms with E-state index < -0.39 is 108 Å². The molecule has 1 amide bonds. The third-order valence-electron chi connectivity index (χ3n) is 5.78. The fourth-order valence-corrected chi connectivity index (χ4v) is 5.92. The average Bonchev–Trinajstić information content (AvgIpc) is 3.18. The van der Waals surface area contributed by atoms with Gasteiger partial charge in [0.25, 0.3) is 21.2 Å². The van der Waals surface area contributed by atoms with E-state index in [1.54, 1.807) is 0 Å². The smallest absolute Gasteiger partial charge is 0.330 e. The van der Waals surface area contributed by atoms with Crippen LogP contribution in [0, 0.1) is 0 Å². The van der Waals surface area contributed by atoms with Crippen molar-refractivity contribution in [1.29, 1.82) is 0 Å². The van der Waals surface area contributed by atoms with Crippen LogP contribution >= 0.6 is 15.6 Å². The lowest BCUT2D eigenvalue weighted by atomic mass is 9.97. The number of amides is 1. The van der Waals surface area contributed by atoms with Crippen LogP contribution in [0.2, 0.25) is 0 Å². The molecular weight excluding hydrogens is 622 g/mol. The molecule has 7 N–H and O–H groups in total. The molecule has 1 aromatic rings. The van der Waals surface area contributed by atoms with Crippen LogP contribution in [0.25, 0.3) is 10.4 Å². The minimum Gasteiger partial charge on any atom is -0.756 e. The molecule has 0 aliphatic carbocycles. The number of phosphoric acid groups is 2. The summed E-state index contributed by atoms with van der Waals surface area (Å²) >= 11 is 0. The third-order valence-corrected chi connectivity index (χ3v) is 8.31. The minimum absolute atomic E-state index is 0.680. The summed E-state index contributed by atoms with van der Waals surface area (Å²) in [6.07, 6.45) is -14.0. The van der Waals surface area contributed by atoms with Crippen LogP contribution in [0.5, 0.6) is 0 Å². The first kappa shape index (κ1) is 33.9. The number of carbonyl (C=O) groups excluding carboxylic acids is 1. The molecule has 11 atom stereocenters. The number of phosphoric ester groups is 2. The van der Waals surface area contributed by atoms with Crippen LogP contribution in [-0.2, 0) is 36.8 Å². The van der Waals surface area contributed by atoms with Gasteiger partial charge in [-0.3, -0.25) is 32.8 Å². The normalized spacial score (nSPS) is 34.1. The summed E-state index contributed by atoms with van der Waals surface area (Å²) < 4.78 is 48.4. The van der Waals surface area contributed by atoms with Crippen LogP contribution in [0.4, 0.5) is 0 Å². The van der Waals surface area contributed by atoms with Gasteiger partial charge in [-0.05, 0) is 5.53 Å². The van der Waals surface area contributed by atoms with Crippen molar-refractivity contribution >= 4 is 21.6 Å². The van der Waals surface area contributed by atoms with Gasteiger partial charge in [-0.1, -0.05) is 5.11 Å². The Morgan fingerprint density at radius 1 is 1.12 bits per heavy atom. The number of nitrogens with one attached hydrogen (secondary N) is 2. The molecule has 0 spiro atoms. The number of rotatable bonds is 12. The summed E-state index contributed by atoms with van der Waals surface area (Å²) in [5.41, 5.74) is 6.49. The highest BCUT2D eigenvalue weighted by molar-refractivity contribution is 7.59. The number of aliphatic hydroxyl groups excluding tert-OH is 5. The number of aliphatic hydroxyl groups is 5. The van der Waals surface area contributed by atoms with Crippen LogP contribution < -0.4 is 26.4 Å². The van der Waals surface area contributed by atoms with E-state index in [0.717, 1.165) is 12.3 Å². The summed E-state index contributed by atoms with van der Waals surface area (Å²) in [6.45, 7) is -3.00. The molecule has 0 saturated carbocycles. The van der Waals surface area contributed by atoms with Crippen LogP contribution in [-0.4, -0.2) is 110 Å². The molecule has 1 aromatic heterocycles. The molecule has 3 heterocycles. The fourth-order valence-electron chi connectivity index (χ4n) is 3.83. The second-order valence-electron chi connectivity index (χ2n) is 8.63. The number of azide groups is 1. The zero-order valence-corrected chi connectivity index (χ0v) is 22.6. The maximum Gasteiger partial charge on any atom is 0.330 e. The van der Waals surface area contributed by atoms with Crippen molar-refractivity contribution in [3.63, 3.8) is 0 Å². The van der Waals surface area contributed by atoms with Gasteiger partial charge in [0.1, 0.15) is 49.2 Å². The van der Waals surface area contributed by atoms with Crippen molar-refractivity contribution in [2.75, 3.05) is 19.8 Å². The molecular formula is C17H24N6O17P2-2. The highest BCUT2D eigenvalue weighted by Gasteiger charge is 2.48. The number of aromatic amines is 1. The lowest BCUT2D eigenvalue weighted by Gasteiger charge is -2.44.